The molecule has 2 rings (SSSR count). The minimum atomic E-state index is -0.925. The summed E-state index contributed by atoms with van der Waals surface area (Å²) < 4.78 is 12.8. The minimum absolute atomic E-state index is 0.362. The quantitative estimate of drug-likeness (QED) is 0.535. The summed E-state index contributed by atoms with van der Waals surface area (Å²) in [4.78, 5) is 11.5. The van der Waals surface area contributed by atoms with Crippen molar-refractivity contribution < 1.29 is 9.18 Å². The van der Waals surface area contributed by atoms with Crippen molar-refractivity contribution in [3.8, 4) is 0 Å². The van der Waals surface area contributed by atoms with Gasteiger partial charge in [-0.05, 0) is 10.8 Å². The lowest BCUT2D eigenvalue weighted by Crippen LogP contribution is -1.99. The third-order valence-electron chi connectivity index (χ3n) is 2.28. The number of fused-ring (bicyclic) bond motifs is 1. The molecule has 2 heteroatoms. The normalized spacial score (nSPS) is 10.2. The van der Waals surface area contributed by atoms with Gasteiger partial charge in [-0.15, -0.1) is 0 Å². The molecule has 0 amide bonds. The van der Waals surface area contributed by atoms with Crippen molar-refractivity contribution in [3.63, 3.8) is 0 Å². The molecule has 0 aliphatic rings. The zero-order valence-electron chi connectivity index (χ0n) is 8.03. The fraction of sp³-hybridized carbons (Fsp3) is 0. The van der Waals surface area contributed by atoms with Gasteiger partial charge >= 0.3 is 0 Å². The average Bonchev–Trinajstić information content (AvgIpc) is 2.27. The highest BCUT2D eigenvalue weighted by atomic mass is 19.1. The van der Waals surface area contributed by atoms with Crippen LogP contribution in [0.1, 0.15) is 10.4 Å². The third kappa shape index (κ3) is 1.66. The lowest BCUT2D eigenvalue weighted by Gasteiger charge is -2.03. The second kappa shape index (κ2) is 3.65. The van der Waals surface area contributed by atoms with Crippen molar-refractivity contribution in [1.82, 2.24) is 0 Å². The Kier molecular flexibility index (Phi) is 2.34. The molecule has 0 unspecified atom stereocenters. The molecule has 0 fully saturated rings. The van der Waals surface area contributed by atoms with E-state index in [1.807, 2.05) is 24.3 Å². The Morgan fingerprint density at radius 2 is 1.73 bits per heavy atom. The molecule has 0 aliphatic heterocycles. The van der Waals surface area contributed by atoms with Crippen LogP contribution in [0.5, 0.6) is 0 Å². The fourth-order valence-electron chi connectivity index (χ4n) is 1.57. The number of benzene rings is 2. The van der Waals surface area contributed by atoms with E-state index in [9.17, 15) is 9.18 Å². The number of hydrogen-bond acceptors (Lipinski definition) is 1. The summed E-state index contributed by atoms with van der Waals surface area (Å²) in [6.07, 6.45) is 0. The van der Waals surface area contributed by atoms with E-state index >= 15 is 0 Å². The maximum Gasteiger partial charge on any atom is 0.221 e. The molecule has 0 heterocycles. The summed E-state index contributed by atoms with van der Waals surface area (Å²) in [5, 5.41) is 1.67. The van der Waals surface area contributed by atoms with E-state index in [1.165, 1.54) is 0 Å². The Hall–Kier alpha value is -1.96. The number of rotatable bonds is 2. The summed E-state index contributed by atoms with van der Waals surface area (Å²) >= 11 is 0. The highest BCUT2D eigenvalue weighted by Crippen LogP contribution is 2.20. The van der Waals surface area contributed by atoms with Crippen molar-refractivity contribution in [2.45, 2.75) is 0 Å². The van der Waals surface area contributed by atoms with Crippen LogP contribution < -0.4 is 0 Å². The van der Waals surface area contributed by atoms with Gasteiger partial charge in [-0.3, -0.25) is 4.79 Å². The summed E-state index contributed by atoms with van der Waals surface area (Å²) in [5.41, 5.74) is 0.362. The molecule has 0 N–H and O–H groups in total. The standard InChI is InChI=1S/C13H9FO/c1-9(14)13(15)12-8-4-6-10-5-2-3-7-11(10)12/h2-8H,1H2. The monoisotopic (exact) mass is 200 g/mol. The molecular weight excluding hydrogens is 191 g/mol. The van der Waals surface area contributed by atoms with E-state index in [0.29, 0.717) is 5.56 Å². The summed E-state index contributed by atoms with van der Waals surface area (Å²) in [6, 6.07) is 12.6. The molecule has 0 aromatic heterocycles. The second-order valence-corrected chi connectivity index (χ2v) is 3.26. The Morgan fingerprint density at radius 1 is 1.07 bits per heavy atom. The largest absolute Gasteiger partial charge is 0.286 e. The fourth-order valence-corrected chi connectivity index (χ4v) is 1.57. The van der Waals surface area contributed by atoms with Crippen LogP contribution in [-0.2, 0) is 0 Å². The first kappa shape index (κ1) is 9.59. The average molecular weight is 200 g/mol. The van der Waals surface area contributed by atoms with Crippen LogP contribution in [0, 0.1) is 0 Å². The molecule has 0 saturated carbocycles. The predicted molar refractivity (Wildman–Crippen MR) is 58.5 cm³/mol. The maximum atomic E-state index is 12.8. The van der Waals surface area contributed by atoms with E-state index in [-0.39, 0.29) is 0 Å². The van der Waals surface area contributed by atoms with Gasteiger partial charge in [0.1, 0.15) is 0 Å². The first-order valence-electron chi connectivity index (χ1n) is 4.57. The van der Waals surface area contributed by atoms with Crippen molar-refractivity contribution in [1.29, 1.82) is 0 Å². The highest BCUT2D eigenvalue weighted by Gasteiger charge is 2.12. The van der Waals surface area contributed by atoms with E-state index in [0.717, 1.165) is 10.8 Å². The minimum Gasteiger partial charge on any atom is -0.286 e. The molecule has 0 radical (unpaired) electrons. The Morgan fingerprint density at radius 3 is 2.47 bits per heavy atom. The molecule has 0 aliphatic carbocycles. The molecule has 1 nitrogen and oxygen atoms in total. The van der Waals surface area contributed by atoms with Gasteiger partial charge in [-0.2, -0.15) is 0 Å². The van der Waals surface area contributed by atoms with Gasteiger partial charge in [0, 0.05) is 5.56 Å². The molecule has 2 aromatic rings. The first-order valence-corrected chi connectivity index (χ1v) is 4.57. The molecule has 0 saturated heterocycles. The van der Waals surface area contributed by atoms with Crippen LogP contribution in [0.3, 0.4) is 0 Å². The van der Waals surface area contributed by atoms with Crippen LogP contribution in [0.25, 0.3) is 10.8 Å². The third-order valence-corrected chi connectivity index (χ3v) is 2.28. The zero-order chi connectivity index (χ0) is 10.8. The van der Waals surface area contributed by atoms with Gasteiger partial charge in [-0.1, -0.05) is 49.0 Å². The number of allylic oxidation sites excluding steroid dienone is 1. The van der Waals surface area contributed by atoms with Crippen LogP contribution in [0.2, 0.25) is 0 Å². The number of halogens is 1. The Bertz CT molecular complexity index is 538. The van der Waals surface area contributed by atoms with Crippen LogP contribution >= 0.6 is 0 Å². The zero-order valence-corrected chi connectivity index (χ0v) is 8.03. The van der Waals surface area contributed by atoms with Gasteiger partial charge in [0.15, 0.2) is 5.83 Å². The highest BCUT2D eigenvalue weighted by molar-refractivity contribution is 6.14. The second-order valence-electron chi connectivity index (χ2n) is 3.26. The summed E-state index contributed by atoms with van der Waals surface area (Å²) in [7, 11) is 0. The SMILES string of the molecule is C=C(F)C(=O)c1cccc2ccccc12. The van der Waals surface area contributed by atoms with E-state index in [1.54, 1.807) is 18.2 Å². The van der Waals surface area contributed by atoms with Crippen molar-refractivity contribution in [2.24, 2.45) is 0 Å². The molecule has 2 aromatic carbocycles. The molecule has 0 spiro atoms. The maximum absolute atomic E-state index is 12.8. The molecular formula is C13H9FO. The van der Waals surface area contributed by atoms with Crippen LogP contribution in [-0.4, -0.2) is 5.78 Å². The summed E-state index contributed by atoms with van der Waals surface area (Å²) in [5.74, 6) is -1.57. The van der Waals surface area contributed by atoms with Gasteiger partial charge in [0.25, 0.3) is 0 Å². The van der Waals surface area contributed by atoms with Crippen molar-refractivity contribution in [3.05, 3.63) is 60.4 Å². The van der Waals surface area contributed by atoms with Crippen LogP contribution in [0.4, 0.5) is 4.39 Å². The number of Topliss-reactive ketones (excluding diaryl/α,β-unsaturated/α-hetero) is 1. The number of carbonyl (C=O) groups excluding carboxylic acids is 1. The van der Waals surface area contributed by atoms with Gasteiger partial charge < -0.3 is 0 Å². The topological polar surface area (TPSA) is 17.1 Å². The molecule has 0 atom stereocenters. The lowest BCUT2D eigenvalue weighted by atomic mass is 10.0. The Balaban J connectivity index is 2.71. The molecule has 74 valence electrons. The van der Waals surface area contributed by atoms with Crippen LogP contribution in [0.15, 0.2) is 54.9 Å². The summed E-state index contributed by atoms with van der Waals surface area (Å²) in [6.45, 7) is 3.02. The van der Waals surface area contributed by atoms with E-state index < -0.39 is 11.6 Å². The Labute approximate surface area is 86.8 Å². The molecule has 0 bridgehead atoms. The van der Waals surface area contributed by atoms with Crippen molar-refractivity contribution in [2.75, 3.05) is 0 Å². The molecule has 15 heavy (non-hydrogen) atoms. The smallest absolute Gasteiger partial charge is 0.221 e. The van der Waals surface area contributed by atoms with E-state index in [4.69, 9.17) is 0 Å². The predicted octanol–water partition coefficient (Wildman–Crippen LogP) is 3.51. The van der Waals surface area contributed by atoms with E-state index in [2.05, 4.69) is 6.58 Å². The lowest BCUT2D eigenvalue weighted by molar-refractivity contribution is 0.101. The van der Waals surface area contributed by atoms with Gasteiger partial charge in [0.2, 0.25) is 5.78 Å². The number of hydrogen-bond donors (Lipinski definition) is 0. The first-order chi connectivity index (χ1) is 7.20. The number of carbonyl (C=O) groups is 1. The number of ketones is 1. The van der Waals surface area contributed by atoms with Gasteiger partial charge in [0.05, 0.1) is 0 Å². The van der Waals surface area contributed by atoms with Crippen molar-refractivity contribution >= 4 is 16.6 Å². The van der Waals surface area contributed by atoms with Gasteiger partial charge in [-0.25, -0.2) is 4.39 Å².